The zero-order valence-electron chi connectivity index (χ0n) is 21.5. The lowest BCUT2D eigenvalue weighted by Gasteiger charge is -2.33. The van der Waals surface area contributed by atoms with Crippen LogP contribution >= 0.6 is 7.82 Å². The zero-order valence-corrected chi connectivity index (χ0v) is 22.4. The van der Waals surface area contributed by atoms with Crippen LogP contribution < -0.4 is 11.2 Å². The van der Waals surface area contributed by atoms with Gasteiger partial charge in [0.05, 0.1) is 17.1 Å². The van der Waals surface area contributed by atoms with Crippen LogP contribution in [-0.2, 0) is 27.6 Å². The highest BCUT2D eigenvalue weighted by Crippen LogP contribution is 2.58. The topological polar surface area (TPSA) is 161 Å². The summed E-state index contributed by atoms with van der Waals surface area (Å²) in [4.78, 5) is 37.5. The van der Waals surface area contributed by atoms with Crippen molar-refractivity contribution in [2.75, 3.05) is 20.8 Å². The van der Waals surface area contributed by atoms with Crippen molar-refractivity contribution >= 4 is 13.5 Å². The molecule has 1 aromatic carbocycles. The van der Waals surface area contributed by atoms with Crippen LogP contribution in [0.25, 0.3) is 0 Å². The van der Waals surface area contributed by atoms with Gasteiger partial charge in [-0.25, -0.2) is 9.36 Å². The van der Waals surface area contributed by atoms with Crippen LogP contribution in [0.5, 0.6) is 0 Å². The summed E-state index contributed by atoms with van der Waals surface area (Å²) in [6.45, 7) is 6.92. The molecule has 1 saturated heterocycles. The molecular formula is C23H32N3O10P. The first-order valence-electron chi connectivity index (χ1n) is 11.5. The van der Waals surface area contributed by atoms with E-state index in [0.29, 0.717) is 5.56 Å². The van der Waals surface area contributed by atoms with Gasteiger partial charge < -0.3 is 9.47 Å². The average Bonchev–Trinajstić information content (AvgIpc) is 3.21. The molecular weight excluding hydrogens is 509 g/mol. The van der Waals surface area contributed by atoms with Gasteiger partial charge in [0.15, 0.2) is 0 Å². The number of aromatic amines is 1. The Morgan fingerprint density at radius 3 is 2.54 bits per heavy atom. The standard InChI is InChI=1S/C23H32N3O10P/c1-14-12-25(22(28)24-21(14)27)19-11-17(18(34-19)13-32-5)35-37(31,33-6)36-20(23(2,3)4)15-9-7-8-10-16(15)26(29)30/h7-10,12,17-20H,11,13H2,1-6H3,(H,24,27,28)/t17?,18-,19-,20?,37?/m1/s1. The van der Waals surface area contributed by atoms with Crippen molar-refractivity contribution < 1.29 is 32.5 Å². The van der Waals surface area contributed by atoms with Gasteiger partial charge in [-0.2, -0.15) is 0 Å². The van der Waals surface area contributed by atoms with Crippen LogP contribution in [0.3, 0.4) is 0 Å². The van der Waals surface area contributed by atoms with Crippen molar-refractivity contribution in [1.82, 2.24) is 9.55 Å². The number of hydrogen-bond acceptors (Lipinski definition) is 10. The van der Waals surface area contributed by atoms with Crippen LogP contribution in [0.4, 0.5) is 5.69 Å². The maximum absolute atomic E-state index is 13.8. The number of aryl methyl sites for hydroxylation is 1. The minimum Gasteiger partial charge on any atom is -0.382 e. The van der Waals surface area contributed by atoms with E-state index in [2.05, 4.69) is 4.98 Å². The van der Waals surface area contributed by atoms with Gasteiger partial charge >= 0.3 is 13.5 Å². The smallest absolute Gasteiger partial charge is 0.382 e. The molecule has 2 heterocycles. The van der Waals surface area contributed by atoms with E-state index in [-0.39, 0.29) is 24.3 Å². The predicted molar refractivity (Wildman–Crippen MR) is 132 cm³/mol. The maximum Gasteiger partial charge on any atom is 0.475 e. The van der Waals surface area contributed by atoms with E-state index in [1.807, 2.05) is 0 Å². The number of phosphoric acid groups is 1. The second-order valence-corrected chi connectivity index (χ2v) is 11.4. The number of benzene rings is 1. The summed E-state index contributed by atoms with van der Waals surface area (Å²) >= 11 is 0. The monoisotopic (exact) mass is 541 g/mol. The molecule has 1 aliphatic rings. The van der Waals surface area contributed by atoms with Gasteiger partial charge in [-0.1, -0.05) is 32.9 Å². The molecule has 0 radical (unpaired) electrons. The first kappa shape index (κ1) is 28.9. The molecule has 1 aromatic heterocycles. The summed E-state index contributed by atoms with van der Waals surface area (Å²) < 4.78 is 43.1. The SMILES string of the molecule is COC[C@H]1O[C@@H](n2cc(C)c(=O)[nH]c2=O)CC1OP(=O)(OC)OC(c1ccccc1[N+](=O)[O-])C(C)(C)C. The summed E-state index contributed by atoms with van der Waals surface area (Å²) in [5.41, 5.74) is -1.61. The van der Waals surface area contributed by atoms with Crippen molar-refractivity contribution in [2.45, 2.75) is 58.7 Å². The summed E-state index contributed by atoms with van der Waals surface area (Å²) in [6, 6.07) is 6.02. The van der Waals surface area contributed by atoms with E-state index in [1.165, 1.54) is 36.1 Å². The zero-order chi connectivity index (χ0) is 27.5. The average molecular weight is 541 g/mol. The third-order valence-electron chi connectivity index (χ3n) is 5.89. The maximum atomic E-state index is 13.8. The minimum absolute atomic E-state index is 0.0365. The second-order valence-electron chi connectivity index (χ2n) is 9.74. The van der Waals surface area contributed by atoms with E-state index >= 15 is 0 Å². The van der Waals surface area contributed by atoms with Gasteiger partial charge in [0.2, 0.25) is 0 Å². The number of para-hydroxylation sites is 1. The number of ether oxygens (including phenoxy) is 2. The van der Waals surface area contributed by atoms with Crippen LogP contribution in [0.15, 0.2) is 40.1 Å². The Morgan fingerprint density at radius 2 is 1.95 bits per heavy atom. The second kappa shape index (κ2) is 11.4. The lowest BCUT2D eigenvalue weighted by molar-refractivity contribution is -0.386. The summed E-state index contributed by atoms with van der Waals surface area (Å²) in [6.07, 6.45) is -2.13. The fourth-order valence-electron chi connectivity index (χ4n) is 4.06. The van der Waals surface area contributed by atoms with Crippen LogP contribution in [0, 0.1) is 22.5 Å². The van der Waals surface area contributed by atoms with E-state index < -0.39 is 53.9 Å². The molecule has 13 nitrogen and oxygen atoms in total. The molecule has 0 bridgehead atoms. The first-order chi connectivity index (χ1) is 17.3. The molecule has 0 saturated carbocycles. The van der Waals surface area contributed by atoms with Crippen molar-refractivity contribution in [1.29, 1.82) is 0 Å². The third kappa shape index (κ3) is 6.61. The molecule has 2 aromatic rings. The third-order valence-corrected chi connectivity index (χ3v) is 7.34. The normalized spacial score (nSPS) is 22.5. The number of phosphoric ester groups is 1. The van der Waals surface area contributed by atoms with E-state index in [4.69, 9.17) is 23.0 Å². The molecule has 0 amide bonds. The Morgan fingerprint density at radius 1 is 1.27 bits per heavy atom. The number of hydrogen-bond donors (Lipinski definition) is 1. The van der Waals surface area contributed by atoms with Gasteiger partial charge in [-0.05, 0) is 18.4 Å². The Bertz CT molecular complexity index is 1280. The number of nitro benzene ring substituents is 1. The summed E-state index contributed by atoms with van der Waals surface area (Å²) in [7, 11) is -1.74. The highest BCUT2D eigenvalue weighted by molar-refractivity contribution is 7.48. The largest absolute Gasteiger partial charge is 0.475 e. The number of nitro groups is 1. The van der Waals surface area contributed by atoms with Crippen molar-refractivity contribution in [2.24, 2.45) is 5.41 Å². The van der Waals surface area contributed by atoms with Crippen molar-refractivity contribution in [3.63, 3.8) is 0 Å². The van der Waals surface area contributed by atoms with Crippen molar-refractivity contribution in [3.05, 3.63) is 72.5 Å². The summed E-state index contributed by atoms with van der Waals surface area (Å²) in [5, 5.41) is 11.7. The number of methoxy groups -OCH3 is 1. The molecule has 0 aliphatic carbocycles. The molecule has 1 aliphatic heterocycles. The lowest BCUT2D eigenvalue weighted by Crippen LogP contribution is -2.33. The van der Waals surface area contributed by atoms with Gasteiger partial charge in [-0.3, -0.25) is 38.0 Å². The Kier molecular flexibility index (Phi) is 8.89. The van der Waals surface area contributed by atoms with E-state index in [9.17, 15) is 24.3 Å². The molecule has 37 heavy (non-hydrogen) atoms. The molecule has 0 spiro atoms. The number of nitrogens with one attached hydrogen (secondary N) is 1. The molecule has 3 rings (SSSR count). The Hall–Kier alpha value is -2.67. The number of rotatable bonds is 10. The number of nitrogens with zero attached hydrogens (tertiary/aromatic N) is 2. The summed E-state index contributed by atoms with van der Waals surface area (Å²) in [5.74, 6) is 0. The number of H-pyrrole nitrogens is 1. The first-order valence-corrected chi connectivity index (χ1v) is 13.0. The number of aromatic nitrogens is 2. The van der Waals surface area contributed by atoms with E-state index in [1.54, 1.807) is 33.8 Å². The lowest BCUT2D eigenvalue weighted by atomic mass is 9.84. The molecule has 204 valence electrons. The van der Waals surface area contributed by atoms with Gasteiger partial charge in [-0.15, -0.1) is 0 Å². The predicted octanol–water partition coefficient (Wildman–Crippen LogP) is 3.63. The quantitative estimate of drug-likeness (QED) is 0.267. The molecule has 1 N–H and O–H groups in total. The van der Waals surface area contributed by atoms with Crippen LogP contribution in [-0.4, -0.2) is 47.5 Å². The fourth-order valence-corrected chi connectivity index (χ4v) is 5.52. The molecule has 14 heteroatoms. The fraction of sp³-hybridized carbons (Fsp3) is 0.565. The highest BCUT2D eigenvalue weighted by Gasteiger charge is 2.46. The highest BCUT2D eigenvalue weighted by atomic mass is 31.2. The van der Waals surface area contributed by atoms with E-state index in [0.717, 1.165) is 7.11 Å². The van der Waals surface area contributed by atoms with Gasteiger partial charge in [0.25, 0.3) is 11.2 Å². The molecule has 3 unspecified atom stereocenters. The minimum atomic E-state index is -4.33. The molecule has 1 fully saturated rings. The Labute approximate surface area is 213 Å². The van der Waals surface area contributed by atoms with Crippen LogP contribution in [0.1, 0.15) is 50.7 Å². The van der Waals surface area contributed by atoms with Gasteiger partial charge in [0, 0.05) is 38.5 Å². The van der Waals surface area contributed by atoms with Gasteiger partial charge in [0.1, 0.15) is 24.5 Å². The Balaban J connectivity index is 1.92. The van der Waals surface area contributed by atoms with Crippen LogP contribution in [0.2, 0.25) is 0 Å². The van der Waals surface area contributed by atoms with Crippen molar-refractivity contribution in [3.8, 4) is 0 Å². The molecule has 5 atom stereocenters.